The molecule has 2 aromatic rings. The Hall–Kier alpha value is -1.26. The average molecular weight is 321 g/mol. The third-order valence-corrected chi connectivity index (χ3v) is 6.31. The van der Waals surface area contributed by atoms with E-state index in [1.165, 1.54) is 30.6 Å². The number of amides is 1. The van der Waals surface area contributed by atoms with Crippen molar-refractivity contribution in [2.75, 3.05) is 18.8 Å². The van der Waals surface area contributed by atoms with Crippen molar-refractivity contribution >= 4 is 44.6 Å². The number of benzene rings is 1. The van der Waals surface area contributed by atoms with E-state index in [4.69, 9.17) is 17.3 Å². The summed E-state index contributed by atoms with van der Waals surface area (Å²) in [6.07, 6.45) is 3.86. The van der Waals surface area contributed by atoms with Gasteiger partial charge in [0.15, 0.2) is 0 Å². The molecule has 1 aromatic heterocycles. The number of rotatable bonds is 1. The number of carbonyl (C=O) groups excluding carboxylic acids is 1. The molecule has 1 aromatic carbocycles. The normalized spacial score (nSPS) is 24.7. The van der Waals surface area contributed by atoms with Crippen molar-refractivity contribution in [2.24, 2.45) is 11.8 Å². The second kappa shape index (κ2) is 4.89. The van der Waals surface area contributed by atoms with Crippen LogP contribution in [-0.2, 0) is 0 Å². The zero-order valence-electron chi connectivity index (χ0n) is 11.6. The Balaban J connectivity index is 1.67. The summed E-state index contributed by atoms with van der Waals surface area (Å²) in [6, 6.07) is 5.63. The van der Waals surface area contributed by atoms with E-state index in [0.29, 0.717) is 27.4 Å². The van der Waals surface area contributed by atoms with Crippen LogP contribution in [0.15, 0.2) is 18.2 Å². The van der Waals surface area contributed by atoms with Crippen LogP contribution in [0.3, 0.4) is 0 Å². The topological polar surface area (TPSA) is 46.3 Å². The van der Waals surface area contributed by atoms with E-state index in [1.807, 2.05) is 23.1 Å². The number of nitrogens with two attached hydrogens (primary N) is 1. The minimum absolute atomic E-state index is 0.0965. The molecule has 4 rings (SSSR count). The molecule has 1 aliphatic carbocycles. The summed E-state index contributed by atoms with van der Waals surface area (Å²) in [5.41, 5.74) is 6.78. The van der Waals surface area contributed by atoms with Gasteiger partial charge in [-0.05, 0) is 42.9 Å². The summed E-state index contributed by atoms with van der Waals surface area (Å²) in [6.45, 7) is 1.80. The Labute approximate surface area is 132 Å². The predicted octanol–water partition coefficient (Wildman–Crippen LogP) is 4.01. The number of thiophene rings is 1. The minimum Gasteiger partial charge on any atom is -0.397 e. The number of hydrogen-bond acceptors (Lipinski definition) is 3. The maximum Gasteiger partial charge on any atom is 0.266 e. The fourth-order valence-electron chi connectivity index (χ4n) is 3.79. The maximum absolute atomic E-state index is 12.8. The molecule has 3 nitrogen and oxygen atoms in total. The van der Waals surface area contributed by atoms with Crippen molar-refractivity contribution in [3.05, 3.63) is 28.1 Å². The molecule has 21 heavy (non-hydrogen) atoms. The Morgan fingerprint density at radius 2 is 2.00 bits per heavy atom. The highest BCUT2D eigenvalue weighted by atomic mass is 35.5. The monoisotopic (exact) mass is 320 g/mol. The van der Waals surface area contributed by atoms with Crippen molar-refractivity contribution < 1.29 is 4.79 Å². The van der Waals surface area contributed by atoms with Gasteiger partial charge in [-0.15, -0.1) is 11.3 Å². The van der Waals surface area contributed by atoms with Crippen LogP contribution in [0.5, 0.6) is 0 Å². The van der Waals surface area contributed by atoms with Gasteiger partial charge in [-0.3, -0.25) is 4.79 Å². The van der Waals surface area contributed by atoms with Crippen molar-refractivity contribution in [2.45, 2.75) is 19.3 Å². The number of nitrogen functional groups attached to an aromatic ring is 1. The molecular weight excluding hydrogens is 304 g/mol. The molecule has 2 fully saturated rings. The average Bonchev–Trinajstić information content (AvgIpc) is 3.12. The van der Waals surface area contributed by atoms with Crippen LogP contribution in [0.4, 0.5) is 5.69 Å². The number of anilines is 1. The fourth-order valence-corrected chi connectivity index (χ4v) is 5.04. The molecule has 1 saturated carbocycles. The predicted molar refractivity (Wildman–Crippen MR) is 88.0 cm³/mol. The molecule has 1 amide bonds. The lowest BCUT2D eigenvalue weighted by Crippen LogP contribution is -2.29. The molecule has 0 spiro atoms. The molecule has 1 saturated heterocycles. The van der Waals surface area contributed by atoms with Crippen LogP contribution in [-0.4, -0.2) is 23.9 Å². The van der Waals surface area contributed by atoms with Crippen molar-refractivity contribution in [3.8, 4) is 0 Å². The lowest BCUT2D eigenvalue weighted by atomic mass is 10.0. The van der Waals surface area contributed by atoms with Gasteiger partial charge < -0.3 is 10.6 Å². The molecule has 110 valence electrons. The van der Waals surface area contributed by atoms with Crippen LogP contribution < -0.4 is 5.73 Å². The first-order valence-corrected chi connectivity index (χ1v) is 8.59. The van der Waals surface area contributed by atoms with E-state index in [9.17, 15) is 4.79 Å². The van der Waals surface area contributed by atoms with Crippen LogP contribution in [0.25, 0.3) is 10.1 Å². The third kappa shape index (κ3) is 2.12. The van der Waals surface area contributed by atoms with Gasteiger partial charge in [0.05, 0.1) is 5.69 Å². The van der Waals surface area contributed by atoms with Crippen molar-refractivity contribution in [1.29, 1.82) is 0 Å². The highest BCUT2D eigenvalue weighted by Gasteiger charge is 2.39. The van der Waals surface area contributed by atoms with Crippen LogP contribution >= 0.6 is 22.9 Å². The summed E-state index contributed by atoms with van der Waals surface area (Å²) < 4.78 is 1.03. The Morgan fingerprint density at radius 3 is 2.71 bits per heavy atom. The molecule has 0 radical (unpaired) electrons. The van der Waals surface area contributed by atoms with Gasteiger partial charge in [0.1, 0.15) is 4.88 Å². The minimum atomic E-state index is 0.0965. The number of nitrogens with zero attached hydrogens (tertiary/aromatic N) is 1. The molecular formula is C16H17ClN2OS. The summed E-state index contributed by atoms with van der Waals surface area (Å²) in [5, 5.41) is 1.55. The van der Waals surface area contributed by atoms with E-state index in [-0.39, 0.29) is 5.91 Å². The van der Waals surface area contributed by atoms with E-state index >= 15 is 0 Å². The molecule has 2 N–H and O–H groups in total. The number of halogens is 1. The van der Waals surface area contributed by atoms with Gasteiger partial charge >= 0.3 is 0 Å². The van der Waals surface area contributed by atoms with E-state index in [1.54, 1.807) is 0 Å². The van der Waals surface area contributed by atoms with Gasteiger partial charge in [-0.2, -0.15) is 0 Å². The van der Waals surface area contributed by atoms with E-state index < -0.39 is 0 Å². The summed E-state index contributed by atoms with van der Waals surface area (Å²) in [5.74, 6) is 1.51. The summed E-state index contributed by atoms with van der Waals surface area (Å²) in [7, 11) is 0. The van der Waals surface area contributed by atoms with Crippen molar-refractivity contribution in [1.82, 2.24) is 4.90 Å². The van der Waals surface area contributed by atoms with E-state index in [0.717, 1.165) is 23.2 Å². The standard InChI is InChI=1S/C16H17ClN2OS/c17-11-4-5-13-12(6-11)14(18)15(21-13)16(20)19-7-9-2-1-3-10(9)8-19/h4-6,9-10H,1-3,7-8,18H2. The van der Waals surface area contributed by atoms with Crippen molar-refractivity contribution in [3.63, 3.8) is 0 Å². The molecule has 2 unspecified atom stereocenters. The smallest absolute Gasteiger partial charge is 0.266 e. The highest BCUT2D eigenvalue weighted by Crippen LogP contribution is 2.40. The number of fused-ring (bicyclic) bond motifs is 2. The first-order chi connectivity index (χ1) is 10.1. The first kappa shape index (κ1) is 13.4. The van der Waals surface area contributed by atoms with Gasteiger partial charge in [0.25, 0.3) is 5.91 Å². The molecule has 0 bridgehead atoms. The summed E-state index contributed by atoms with van der Waals surface area (Å²) in [4.78, 5) is 15.4. The zero-order valence-corrected chi connectivity index (χ0v) is 13.2. The molecule has 5 heteroatoms. The Morgan fingerprint density at radius 1 is 1.29 bits per heavy atom. The van der Waals surface area contributed by atoms with Crippen LogP contribution in [0.1, 0.15) is 28.9 Å². The Bertz CT molecular complexity index is 714. The summed E-state index contributed by atoms with van der Waals surface area (Å²) >= 11 is 7.51. The lowest BCUT2D eigenvalue weighted by Gasteiger charge is -2.16. The molecule has 2 atom stereocenters. The largest absolute Gasteiger partial charge is 0.397 e. The van der Waals surface area contributed by atoms with Gasteiger partial charge in [-0.1, -0.05) is 18.0 Å². The first-order valence-electron chi connectivity index (χ1n) is 7.40. The molecule has 2 heterocycles. The third-order valence-electron chi connectivity index (χ3n) is 4.90. The van der Waals surface area contributed by atoms with Gasteiger partial charge in [0.2, 0.25) is 0 Å². The second-order valence-corrected chi connectivity index (χ2v) is 7.64. The zero-order chi connectivity index (χ0) is 14.6. The number of hydrogen-bond donors (Lipinski definition) is 1. The number of likely N-dealkylation sites (tertiary alicyclic amines) is 1. The number of carbonyl (C=O) groups is 1. The quantitative estimate of drug-likeness (QED) is 0.863. The highest BCUT2D eigenvalue weighted by molar-refractivity contribution is 7.21. The molecule has 2 aliphatic rings. The van der Waals surface area contributed by atoms with E-state index in [2.05, 4.69) is 0 Å². The van der Waals surface area contributed by atoms with Crippen LogP contribution in [0.2, 0.25) is 5.02 Å². The fraction of sp³-hybridized carbons (Fsp3) is 0.438. The van der Waals surface area contributed by atoms with Crippen LogP contribution in [0, 0.1) is 11.8 Å². The maximum atomic E-state index is 12.8. The SMILES string of the molecule is Nc1c(C(=O)N2CC3CCCC3C2)sc2ccc(Cl)cc12. The lowest BCUT2D eigenvalue weighted by molar-refractivity contribution is 0.0786. The van der Waals surface area contributed by atoms with Gasteiger partial charge in [-0.25, -0.2) is 0 Å². The second-order valence-electron chi connectivity index (χ2n) is 6.15. The Kier molecular flexibility index (Phi) is 3.12. The molecule has 1 aliphatic heterocycles. The van der Waals surface area contributed by atoms with Gasteiger partial charge in [0, 0.05) is 28.2 Å².